The number of pyridine rings is 2. The van der Waals surface area contributed by atoms with Gasteiger partial charge in [0, 0.05) is 63.8 Å². The van der Waals surface area contributed by atoms with Crippen molar-refractivity contribution in [3.8, 4) is 22.5 Å². The van der Waals surface area contributed by atoms with Gasteiger partial charge in [-0.15, -0.1) is 11.3 Å². The van der Waals surface area contributed by atoms with Crippen LogP contribution in [-0.4, -0.2) is 15.0 Å². The van der Waals surface area contributed by atoms with Crippen LogP contribution < -0.4 is 5.73 Å². The monoisotopic (exact) mass is 332 g/mol. The predicted octanol–water partition coefficient (Wildman–Crippen LogP) is 4.68. The Balaban J connectivity index is 1.79. The summed E-state index contributed by atoms with van der Waals surface area (Å²) in [7, 11) is 0. The maximum Gasteiger partial charge on any atom is 0.177 e. The molecule has 0 saturated heterocycles. The lowest BCUT2D eigenvalue weighted by atomic mass is 10.1. The number of rotatable bonds is 2. The molecule has 0 bridgehead atoms. The minimum absolute atomic E-state index is 0.400. The van der Waals surface area contributed by atoms with Gasteiger partial charge in [0.2, 0.25) is 0 Å². The quantitative estimate of drug-likeness (QED) is 0.492. The molecule has 0 fully saturated rings. The van der Waals surface area contributed by atoms with E-state index in [9.17, 15) is 0 Å². The summed E-state index contributed by atoms with van der Waals surface area (Å²) in [6, 6.07) is 6.05. The number of nitrogens with one attached hydrogen (secondary N) is 1. The van der Waals surface area contributed by atoms with Crippen molar-refractivity contribution in [3.05, 3.63) is 54.6 Å². The number of nitrogens with zero attached hydrogens (tertiary/aromatic N) is 2. The molecule has 0 aliphatic heterocycles. The van der Waals surface area contributed by atoms with Gasteiger partial charge in [0.25, 0.3) is 0 Å². The molecule has 0 atom stereocenters. The van der Waals surface area contributed by atoms with E-state index in [4.69, 9.17) is 10.2 Å². The van der Waals surface area contributed by atoms with Gasteiger partial charge in [0.05, 0.1) is 4.70 Å². The van der Waals surface area contributed by atoms with Crippen LogP contribution in [0, 0.1) is 0 Å². The van der Waals surface area contributed by atoms with Crippen molar-refractivity contribution in [1.82, 2.24) is 15.0 Å². The Kier molecular flexibility index (Phi) is 2.74. The van der Waals surface area contributed by atoms with Crippen molar-refractivity contribution < 1.29 is 4.42 Å². The molecule has 5 heterocycles. The Bertz CT molecular complexity index is 1170. The first-order chi connectivity index (χ1) is 11.8. The van der Waals surface area contributed by atoms with Crippen LogP contribution >= 0.6 is 11.3 Å². The van der Waals surface area contributed by atoms with Crippen LogP contribution in [0.3, 0.4) is 0 Å². The van der Waals surface area contributed by atoms with E-state index in [0.717, 1.165) is 37.9 Å². The van der Waals surface area contributed by atoms with E-state index in [-0.39, 0.29) is 0 Å². The average Bonchev–Trinajstić information content (AvgIpc) is 3.34. The Hall–Kier alpha value is -3.12. The molecule has 5 nitrogen and oxygen atoms in total. The molecule has 0 aromatic carbocycles. The number of hydrogen-bond donors (Lipinski definition) is 2. The van der Waals surface area contributed by atoms with Gasteiger partial charge in [-0.2, -0.15) is 0 Å². The molecule has 0 spiro atoms. The lowest BCUT2D eigenvalue weighted by Crippen LogP contribution is -1.90. The predicted molar refractivity (Wildman–Crippen MR) is 96.8 cm³/mol. The fourth-order valence-corrected chi connectivity index (χ4v) is 3.89. The summed E-state index contributed by atoms with van der Waals surface area (Å²) in [6.45, 7) is 0. The Morgan fingerprint density at radius 3 is 2.96 bits per heavy atom. The molecule has 5 aromatic heterocycles. The zero-order valence-electron chi connectivity index (χ0n) is 12.5. The van der Waals surface area contributed by atoms with E-state index in [1.165, 1.54) is 0 Å². The molecule has 5 rings (SSSR count). The maximum atomic E-state index is 6.08. The van der Waals surface area contributed by atoms with Crippen molar-refractivity contribution in [2.75, 3.05) is 5.73 Å². The average molecular weight is 332 g/mol. The van der Waals surface area contributed by atoms with Crippen LogP contribution in [0.15, 0.2) is 59.0 Å². The molecular formula is C18H12N4OS. The van der Waals surface area contributed by atoms with Crippen LogP contribution in [0.25, 0.3) is 43.5 Å². The Morgan fingerprint density at radius 2 is 2.08 bits per heavy atom. The van der Waals surface area contributed by atoms with Crippen LogP contribution in [0.5, 0.6) is 0 Å². The molecule has 5 aromatic rings. The van der Waals surface area contributed by atoms with E-state index in [0.29, 0.717) is 11.4 Å². The summed E-state index contributed by atoms with van der Waals surface area (Å²) in [5.41, 5.74) is 9.76. The second kappa shape index (κ2) is 4.94. The minimum Gasteiger partial charge on any atom is -0.452 e. The van der Waals surface area contributed by atoms with Gasteiger partial charge in [-0.25, -0.2) is 4.98 Å². The zero-order chi connectivity index (χ0) is 16.1. The molecule has 0 amide bonds. The number of aromatic amines is 1. The molecule has 24 heavy (non-hydrogen) atoms. The molecule has 6 heteroatoms. The first kappa shape index (κ1) is 13.3. The lowest BCUT2D eigenvalue weighted by Gasteiger charge is -2.00. The topological polar surface area (TPSA) is 80.7 Å². The van der Waals surface area contributed by atoms with Gasteiger partial charge in [-0.3, -0.25) is 4.98 Å². The summed E-state index contributed by atoms with van der Waals surface area (Å²) < 4.78 is 7.21. The van der Waals surface area contributed by atoms with Crippen molar-refractivity contribution in [2.24, 2.45) is 0 Å². The van der Waals surface area contributed by atoms with Gasteiger partial charge in [0.1, 0.15) is 5.76 Å². The number of furan rings is 1. The highest BCUT2D eigenvalue weighted by Gasteiger charge is 2.16. The molecule has 0 unspecified atom stereocenters. The van der Waals surface area contributed by atoms with Crippen molar-refractivity contribution >= 4 is 38.2 Å². The number of nitrogen functional groups attached to an aromatic ring is 1. The summed E-state index contributed by atoms with van der Waals surface area (Å²) in [5.74, 6) is 1.19. The second-order valence-electron chi connectivity index (χ2n) is 5.53. The molecule has 116 valence electrons. The third-order valence-corrected chi connectivity index (χ3v) is 5.07. The molecule has 0 radical (unpaired) electrons. The number of nitrogens with two attached hydrogens (primary N) is 1. The number of aromatic nitrogens is 3. The van der Waals surface area contributed by atoms with Gasteiger partial charge in [-0.05, 0) is 18.2 Å². The molecule has 0 aliphatic carbocycles. The summed E-state index contributed by atoms with van der Waals surface area (Å²) in [6.07, 6.45) is 9.27. The third kappa shape index (κ3) is 1.87. The number of hydrogen-bond acceptors (Lipinski definition) is 5. The Morgan fingerprint density at radius 1 is 1.12 bits per heavy atom. The highest BCUT2D eigenvalue weighted by Crippen LogP contribution is 2.40. The van der Waals surface area contributed by atoms with Gasteiger partial charge in [0.15, 0.2) is 11.4 Å². The highest BCUT2D eigenvalue weighted by molar-refractivity contribution is 7.17. The zero-order valence-corrected chi connectivity index (χ0v) is 13.3. The molecule has 3 N–H and O–H groups in total. The highest BCUT2D eigenvalue weighted by atomic mass is 32.1. The van der Waals surface area contributed by atoms with E-state index < -0.39 is 0 Å². The first-order valence-electron chi connectivity index (χ1n) is 7.44. The minimum atomic E-state index is 0.400. The molecule has 0 aliphatic rings. The standard InChI is InChI=1S/C18H12N4OS/c19-18-17-12(13(7-22-18)10-1-3-20-6-10)5-15(23-17)14-9-24-16-8-21-4-2-11(14)16/h1-9,20H,(H2,19,22). The van der Waals surface area contributed by atoms with Gasteiger partial charge >= 0.3 is 0 Å². The lowest BCUT2D eigenvalue weighted by molar-refractivity contribution is 0.632. The normalized spacial score (nSPS) is 11.5. The van der Waals surface area contributed by atoms with E-state index in [2.05, 4.69) is 20.3 Å². The second-order valence-corrected chi connectivity index (χ2v) is 6.44. The maximum absolute atomic E-state index is 6.08. The van der Waals surface area contributed by atoms with E-state index in [1.807, 2.05) is 36.8 Å². The van der Waals surface area contributed by atoms with E-state index in [1.54, 1.807) is 23.7 Å². The van der Waals surface area contributed by atoms with Gasteiger partial charge in [-0.1, -0.05) is 0 Å². The van der Waals surface area contributed by atoms with Crippen LogP contribution in [0.2, 0.25) is 0 Å². The Labute approximate surface area is 140 Å². The summed E-state index contributed by atoms with van der Waals surface area (Å²) >= 11 is 1.65. The summed E-state index contributed by atoms with van der Waals surface area (Å²) in [4.78, 5) is 11.5. The number of H-pyrrole nitrogens is 1. The van der Waals surface area contributed by atoms with Crippen LogP contribution in [0.1, 0.15) is 0 Å². The van der Waals surface area contributed by atoms with Crippen LogP contribution in [0.4, 0.5) is 5.82 Å². The van der Waals surface area contributed by atoms with Crippen molar-refractivity contribution in [2.45, 2.75) is 0 Å². The smallest absolute Gasteiger partial charge is 0.177 e. The fraction of sp³-hybridized carbons (Fsp3) is 0. The molecular weight excluding hydrogens is 320 g/mol. The van der Waals surface area contributed by atoms with Crippen molar-refractivity contribution in [3.63, 3.8) is 0 Å². The number of thiophene rings is 1. The first-order valence-corrected chi connectivity index (χ1v) is 8.32. The van der Waals surface area contributed by atoms with Crippen LogP contribution in [-0.2, 0) is 0 Å². The van der Waals surface area contributed by atoms with Crippen molar-refractivity contribution in [1.29, 1.82) is 0 Å². The third-order valence-electron chi connectivity index (χ3n) is 4.14. The molecule has 0 saturated carbocycles. The number of fused-ring (bicyclic) bond motifs is 2. The number of anilines is 1. The fourth-order valence-electron chi connectivity index (χ4n) is 2.97. The largest absolute Gasteiger partial charge is 0.452 e. The van der Waals surface area contributed by atoms with E-state index >= 15 is 0 Å². The van der Waals surface area contributed by atoms with Gasteiger partial charge < -0.3 is 15.1 Å². The SMILES string of the molecule is Nc1ncc(-c2cc[nH]c2)c2cc(-c3csc4cnccc34)oc12. The summed E-state index contributed by atoms with van der Waals surface area (Å²) in [5, 5.41) is 4.18.